The van der Waals surface area contributed by atoms with Crippen LogP contribution in [0.1, 0.15) is 33.3 Å². The van der Waals surface area contributed by atoms with E-state index in [4.69, 9.17) is 15.2 Å². The van der Waals surface area contributed by atoms with E-state index in [0.717, 1.165) is 28.4 Å². The van der Waals surface area contributed by atoms with E-state index in [0.29, 0.717) is 0 Å². The van der Waals surface area contributed by atoms with Gasteiger partial charge in [-0.1, -0.05) is 20.8 Å². The molecule has 1 unspecified atom stereocenters. The smallest absolute Gasteiger partial charge is 0.132 e. The summed E-state index contributed by atoms with van der Waals surface area (Å²) in [6.45, 7) is 8.53. The van der Waals surface area contributed by atoms with Crippen molar-refractivity contribution in [1.29, 1.82) is 0 Å². The van der Waals surface area contributed by atoms with Gasteiger partial charge in [-0.2, -0.15) is 0 Å². The van der Waals surface area contributed by atoms with Gasteiger partial charge in [0.1, 0.15) is 11.5 Å². The van der Waals surface area contributed by atoms with Crippen molar-refractivity contribution in [1.82, 2.24) is 0 Å². The maximum atomic E-state index is 5.88. The second kappa shape index (κ2) is 6.53. The van der Waals surface area contributed by atoms with Gasteiger partial charge in [0.25, 0.3) is 0 Å². The maximum absolute atomic E-state index is 5.88. The molecule has 4 heteroatoms. The molecular weight excluding hydrogens is 259 g/mol. The quantitative estimate of drug-likeness (QED) is 0.841. The predicted octanol–water partition coefficient (Wildman–Crippen LogP) is 3.48. The lowest BCUT2D eigenvalue weighted by molar-refractivity contribution is 0.389. The first-order valence-electron chi connectivity index (χ1n) is 6.46. The molecule has 0 bridgehead atoms. The number of hydrogen-bond acceptors (Lipinski definition) is 4. The van der Waals surface area contributed by atoms with E-state index in [1.807, 2.05) is 19.1 Å². The van der Waals surface area contributed by atoms with Crippen molar-refractivity contribution in [3.63, 3.8) is 0 Å². The first-order chi connectivity index (χ1) is 8.76. The summed E-state index contributed by atoms with van der Waals surface area (Å²) in [4.78, 5) is 1.10. The highest BCUT2D eigenvalue weighted by Crippen LogP contribution is 2.41. The average Bonchev–Trinajstić information content (AvgIpc) is 2.27. The molecule has 0 aliphatic rings. The normalized spacial score (nSPS) is 13.2. The van der Waals surface area contributed by atoms with Crippen LogP contribution in [0.3, 0.4) is 0 Å². The molecule has 1 aromatic carbocycles. The lowest BCUT2D eigenvalue weighted by atomic mass is 10.1. The molecule has 19 heavy (non-hydrogen) atoms. The molecule has 0 spiro atoms. The van der Waals surface area contributed by atoms with E-state index < -0.39 is 0 Å². The van der Waals surface area contributed by atoms with Gasteiger partial charge in [0.15, 0.2) is 0 Å². The van der Waals surface area contributed by atoms with Gasteiger partial charge in [-0.3, -0.25) is 0 Å². The molecule has 1 rings (SSSR count). The highest BCUT2D eigenvalue weighted by atomic mass is 32.2. The number of thioether (sulfide) groups is 1. The molecule has 0 aliphatic heterocycles. The fraction of sp³-hybridized carbons (Fsp3) is 0.600. The van der Waals surface area contributed by atoms with E-state index in [1.54, 1.807) is 26.0 Å². The van der Waals surface area contributed by atoms with Crippen LogP contribution in [0.15, 0.2) is 17.0 Å². The van der Waals surface area contributed by atoms with Crippen LogP contribution >= 0.6 is 11.8 Å². The first-order valence-corrected chi connectivity index (χ1v) is 7.28. The van der Waals surface area contributed by atoms with Crippen molar-refractivity contribution in [2.24, 2.45) is 5.73 Å². The Balaban J connectivity index is 3.19. The molecule has 0 heterocycles. The Labute approximate surface area is 120 Å². The lowest BCUT2D eigenvalue weighted by Crippen LogP contribution is -2.18. The van der Waals surface area contributed by atoms with Crippen LogP contribution in [0.5, 0.6) is 11.5 Å². The second-order valence-corrected chi connectivity index (χ2v) is 7.58. The zero-order chi connectivity index (χ0) is 14.6. The van der Waals surface area contributed by atoms with Crippen molar-refractivity contribution >= 4 is 11.8 Å². The number of ether oxygens (including phenoxy) is 2. The third-order valence-corrected chi connectivity index (χ3v) is 3.68. The van der Waals surface area contributed by atoms with E-state index in [-0.39, 0.29) is 10.8 Å². The number of rotatable bonds is 5. The molecule has 1 aromatic rings. The zero-order valence-electron chi connectivity index (χ0n) is 12.7. The third-order valence-electron chi connectivity index (χ3n) is 2.52. The van der Waals surface area contributed by atoms with Gasteiger partial charge in [-0.15, -0.1) is 11.8 Å². The molecule has 0 saturated heterocycles. The van der Waals surface area contributed by atoms with E-state index in [2.05, 4.69) is 20.8 Å². The van der Waals surface area contributed by atoms with Crippen LogP contribution in [0.4, 0.5) is 0 Å². The summed E-state index contributed by atoms with van der Waals surface area (Å²) in [6, 6.07) is 4.18. The standard InChI is InChI=1S/C15H25NO2S/c1-10(16)7-11-8-13(18-6)14(9-12(11)17-5)19-15(2,3)4/h8-10H,7,16H2,1-6H3/i8+1. The van der Waals surface area contributed by atoms with Crippen molar-refractivity contribution in [3.05, 3.63) is 17.7 Å². The predicted molar refractivity (Wildman–Crippen MR) is 82.5 cm³/mol. The van der Waals surface area contributed by atoms with Gasteiger partial charge < -0.3 is 15.2 Å². The lowest BCUT2D eigenvalue weighted by Gasteiger charge is -2.21. The number of hydrogen-bond donors (Lipinski definition) is 1. The summed E-state index contributed by atoms with van der Waals surface area (Å²) in [6.07, 6.45) is 0.778. The van der Waals surface area contributed by atoms with Gasteiger partial charge in [0.2, 0.25) is 0 Å². The summed E-state index contributed by atoms with van der Waals surface area (Å²) >= 11 is 1.77. The topological polar surface area (TPSA) is 44.5 Å². The monoisotopic (exact) mass is 284 g/mol. The largest absolute Gasteiger partial charge is 0.496 e. The van der Waals surface area contributed by atoms with Gasteiger partial charge in [0, 0.05) is 10.8 Å². The van der Waals surface area contributed by atoms with Gasteiger partial charge in [0.05, 0.1) is 19.1 Å². The fourth-order valence-corrected chi connectivity index (χ4v) is 2.92. The number of benzene rings is 1. The molecule has 0 fully saturated rings. The summed E-state index contributed by atoms with van der Waals surface area (Å²) in [7, 11) is 3.39. The highest BCUT2D eigenvalue weighted by molar-refractivity contribution is 8.00. The van der Waals surface area contributed by atoms with Crippen LogP contribution in [0.2, 0.25) is 0 Å². The Hall–Kier alpha value is -0.870. The third kappa shape index (κ3) is 4.96. The minimum atomic E-state index is 0.0970. The molecule has 3 nitrogen and oxygen atoms in total. The van der Waals surface area contributed by atoms with E-state index in [9.17, 15) is 0 Å². The second-order valence-electron chi connectivity index (χ2n) is 5.71. The molecule has 2 N–H and O–H groups in total. The minimum absolute atomic E-state index is 0.0970. The van der Waals surface area contributed by atoms with E-state index >= 15 is 0 Å². The molecule has 0 saturated carbocycles. The molecule has 0 aromatic heterocycles. The molecule has 0 aliphatic carbocycles. The molecular formula is C15H25NO2S. The van der Waals surface area contributed by atoms with Crippen molar-refractivity contribution < 1.29 is 9.47 Å². The van der Waals surface area contributed by atoms with Crippen molar-refractivity contribution in [3.8, 4) is 11.5 Å². The summed E-state index contributed by atoms with van der Waals surface area (Å²) in [5.41, 5.74) is 6.97. The zero-order valence-corrected chi connectivity index (χ0v) is 13.6. The maximum Gasteiger partial charge on any atom is 0.132 e. The molecule has 108 valence electrons. The molecule has 1 atom stereocenters. The molecule has 0 radical (unpaired) electrons. The van der Waals surface area contributed by atoms with Gasteiger partial charge in [-0.25, -0.2) is 0 Å². The van der Waals surface area contributed by atoms with Crippen molar-refractivity contribution in [2.45, 2.75) is 49.8 Å². The Morgan fingerprint density at radius 2 is 1.74 bits per heavy atom. The van der Waals surface area contributed by atoms with Crippen molar-refractivity contribution in [2.75, 3.05) is 14.2 Å². The van der Waals surface area contributed by atoms with Crippen LogP contribution in [-0.2, 0) is 6.42 Å². The van der Waals surface area contributed by atoms with Gasteiger partial charge >= 0.3 is 0 Å². The average molecular weight is 284 g/mol. The Morgan fingerprint density at radius 1 is 1.16 bits per heavy atom. The minimum Gasteiger partial charge on any atom is -0.496 e. The summed E-state index contributed by atoms with van der Waals surface area (Å²) in [5, 5.41) is 0. The summed E-state index contributed by atoms with van der Waals surface area (Å²) in [5.74, 6) is 1.77. The first kappa shape index (κ1) is 16.2. The van der Waals surface area contributed by atoms with Gasteiger partial charge in [-0.05, 0) is 31.0 Å². The van der Waals surface area contributed by atoms with Crippen LogP contribution in [0.25, 0.3) is 0 Å². The molecule has 0 amide bonds. The SMILES string of the molecule is COc1cc(SC(C)(C)C)c(OC)[13cH]c1CC(C)N. The Bertz CT molecular complexity index is 425. The van der Waals surface area contributed by atoms with Crippen LogP contribution in [0, 0.1) is 0 Å². The fourth-order valence-electron chi connectivity index (χ4n) is 1.85. The van der Waals surface area contributed by atoms with Crippen LogP contribution in [-0.4, -0.2) is 25.0 Å². The Morgan fingerprint density at radius 3 is 2.16 bits per heavy atom. The number of methoxy groups -OCH3 is 2. The number of nitrogens with two attached hydrogens (primary N) is 1. The summed E-state index contributed by atoms with van der Waals surface area (Å²) < 4.78 is 11.1. The van der Waals surface area contributed by atoms with E-state index in [1.165, 1.54) is 0 Å². The highest BCUT2D eigenvalue weighted by Gasteiger charge is 2.18. The Kier molecular flexibility index (Phi) is 5.56. The van der Waals surface area contributed by atoms with Crippen LogP contribution < -0.4 is 15.2 Å².